The van der Waals surface area contributed by atoms with Crippen molar-refractivity contribution in [2.24, 2.45) is 5.92 Å². The van der Waals surface area contributed by atoms with Gasteiger partial charge in [0.1, 0.15) is 5.75 Å². The van der Waals surface area contributed by atoms with E-state index in [1.165, 1.54) is 12.1 Å². The molecule has 18 heavy (non-hydrogen) atoms. The number of hydrogen-bond donors (Lipinski definition) is 1. The van der Waals surface area contributed by atoms with Crippen LogP contribution >= 0.6 is 28.6 Å². The molecule has 1 rings (SSSR count). The number of halogens is 1. The Morgan fingerprint density at radius 1 is 1.56 bits per heavy atom. The van der Waals surface area contributed by atoms with E-state index >= 15 is 0 Å². The number of nitro groups is 1. The molecular weight excluding hydrogens is 318 g/mol. The molecule has 1 aromatic rings. The maximum atomic E-state index is 10.7. The average Bonchev–Trinajstić information content (AvgIpc) is 2.35. The number of benzene rings is 1. The van der Waals surface area contributed by atoms with E-state index in [-0.39, 0.29) is 5.69 Å². The second kappa shape index (κ2) is 7.63. The summed E-state index contributed by atoms with van der Waals surface area (Å²) in [7, 11) is 0. The van der Waals surface area contributed by atoms with Gasteiger partial charge in [0.2, 0.25) is 0 Å². The number of non-ortho nitro benzene ring substituents is 1. The van der Waals surface area contributed by atoms with E-state index in [1.54, 1.807) is 6.07 Å². The topological polar surface area (TPSA) is 52.4 Å². The summed E-state index contributed by atoms with van der Waals surface area (Å²) in [5, 5.41) is 10.7. The fourth-order valence-corrected chi connectivity index (χ4v) is 2.21. The van der Waals surface area contributed by atoms with Crippen molar-refractivity contribution >= 4 is 34.2 Å². The number of nitrogens with zero attached hydrogens (tertiary/aromatic N) is 1. The fourth-order valence-electron chi connectivity index (χ4n) is 1.56. The van der Waals surface area contributed by atoms with Crippen LogP contribution in [0.1, 0.15) is 19.8 Å². The summed E-state index contributed by atoms with van der Waals surface area (Å²) in [5.41, 5.74) is 0.0334. The van der Waals surface area contributed by atoms with E-state index < -0.39 is 4.92 Å². The Morgan fingerprint density at radius 3 is 2.83 bits per heavy atom. The number of rotatable bonds is 7. The highest BCUT2D eigenvalue weighted by Gasteiger charge is 2.12. The summed E-state index contributed by atoms with van der Waals surface area (Å²) in [4.78, 5) is 10.3. The Hall–Kier alpha value is -0.750. The molecule has 0 aliphatic rings. The van der Waals surface area contributed by atoms with Crippen LogP contribution in [-0.2, 0) is 0 Å². The highest BCUT2D eigenvalue weighted by atomic mass is 79.9. The molecule has 0 aliphatic heterocycles. The zero-order valence-electron chi connectivity index (χ0n) is 10.1. The maximum Gasteiger partial charge on any atom is 0.273 e. The molecule has 4 nitrogen and oxygen atoms in total. The minimum absolute atomic E-state index is 0.0334. The molecular formula is C12H16BrNO3S. The maximum absolute atomic E-state index is 10.7. The molecule has 0 N–H and O–H groups in total. The lowest BCUT2D eigenvalue weighted by Crippen LogP contribution is -2.13. The van der Waals surface area contributed by atoms with E-state index in [0.717, 1.165) is 23.1 Å². The summed E-state index contributed by atoms with van der Waals surface area (Å²) >= 11 is 7.60. The zero-order chi connectivity index (χ0) is 13.5. The quantitative estimate of drug-likeness (QED) is 0.464. The molecule has 0 bridgehead atoms. The molecule has 0 amide bonds. The third-order valence-corrected chi connectivity index (χ3v) is 3.73. The molecule has 0 fully saturated rings. The number of nitro benzene ring substituents is 1. The van der Waals surface area contributed by atoms with Gasteiger partial charge in [-0.2, -0.15) is 12.6 Å². The van der Waals surface area contributed by atoms with Crippen LogP contribution in [-0.4, -0.2) is 17.3 Å². The SMILES string of the molecule is CCCC(CS)COc1cc([N+](=O)[O-])ccc1Br. The van der Waals surface area contributed by atoms with E-state index in [4.69, 9.17) is 4.74 Å². The smallest absolute Gasteiger partial charge is 0.273 e. The zero-order valence-corrected chi connectivity index (χ0v) is 12.6. The Balaban J connectivity index is 2.71. The Morgan fingerprint density at radius 2 is 2.28 bits per heavy atom. The van der Waals surface area contributed by atoms with Crippen LogP contribution in [0.3, 0.4) is 0 Å². The normalized spacial score (nSPS) is 12.2. The van der Waals surface area contributed by atoms with Crippen LogP contribution in [0.5, 0.6) is 5.75 Å². The fraction of sp³-hybridized carbons (Fsp3) is 0.500. The van der Waals surface area contributed by atoms with Crippen molar-refractivity contribution in [1.29, 1.82) is 0 Å². The lowest BCUT2D eigenvalue weighted by atomic mass is 10.1. The predicted molar refractivity (Wildman–Crippen MR) is 78.5 cm³/mol. The first-order valence-corrected chi connectivity index (χ1v) is 7.18. The molecule has 0 heterocycles. The Bertz CT molecular complexity index is 414. The van der Waals surface area contributed by atoms with E-state index in [2.05, 4.69) is 35.5 Å². The highest BCUT2D eigenvalue weighted by molar-refractivity contribution is 9.10. The molecule has 0 saturated heterocycles. The van der Waals surface area contributed by atoms with Crippen molar-refractivity contribution in [3.05, 3.63) is 32.8 Å². The minimum Gasteiger partial charge on any atom is -0.492 e. The third kappa shape index (κ3) is 4.49. The highest BCUT2D eigenvalue weighted by Crippen LogP contribution is 2.29. The van der Waals surface area contributed by atoms with Crippen molar-refractivity contribution < 1.29 is 9.66 Å². The summed E-state index contributed by atoms with van der Waals surface area (Å²) in [5.74, 6) is 1.62. The summed E-state index contributed by atoms with van der Waals surface area (Å²) in [6.07, 6.45) is 2.11. The summed E-state index contributed by atoms with van der Waals surface area (Å²) < 4.78 is 6.36. The molecule has 0 radical (unpaired) electrons. The first-order valence-electron chi connectivity index (χ1n) is 5.76. The van der Waals surface area contributed by atoms with Gasteiger partial charge in [0.05, 0.1) is 22.1 Å². The van der Waals surface area contributed by atoms with Gasteiger partial charge in [-0.25, -0.2) is 0 Å². The van der Waals surface area contributed by atoms with Gasteiger partial charge < -0.3 is 4.74 Å². The van der Waals surface area contributed by atoms with Crippen LogP contribution in [0.15, 0.2) is 22.7 Å². The van der Waals surface area contributed by atoms with Gasteiger partial charge in [-0.15, -0.1) is 0 Å². The van der Waals surface area contributed by atoms with Gasteiger partial charge in [0.25, 0.3) is 5.69 Å². The first-order chi connectivity index (χ1) is 8.58. The Labute approximate surface area is 120 Å². The molecule has 0 saturated carbocycles. The van der Waals surface area contributed by atoms with Gasteiger partial charge in [-0.1, -0.05) is 13.3 Å². The Kier molecular flexibility index (Phi) is 6.49. The van der Waals surface area contributed by atoms with Crippen LogP contribution in [0, 0.1) is 16.0 Å². The average molecular weight is 334 g/mol. The predicted octanol–water partition coefficient (Wildman–Crippen LogP) is 4.08. The van der Waals surface area contributed by atoms with Gasteiger partial charge in [0, 0.05) is 12.0 Å². The third-order valence-electron chi connectivity index (χ3n) is 2.56. The van der Waals surface area contributed by atoms with Gasteiger partial charge in [-0.3, -0.25) is 10.1 Å². The lowest BCUT2D eigenvalue weighted by Gasteiger charge is -2.15. The van der Waals surface area contributed by atoms with Crippen molar-refractivity contribution in [2.75, 3.05) is 12.4 Å². The molecule has 6 heteroatoms. The van der Waals surface area contributed by atoms with Crippen LogP contribution in [0.2, 0.25) is 0 Å². The standard InChI is InChI=1S/C12H16BrNO3S/c1-2-3-9(8-18)7-17-12-6-10(14(15)16)4-5-11(12)13/h4-6,9,18H,2-3,7-8H2,1H3. The van der Waals surface area contributed by atoms with E-state index in [0.29, 0.717) is 18.3 Å². The lowest BCUT2D eigenvalue weighted by molar-refractivity contribution is -0.385. The minimum atomic E-state index is -0.429. The monoisotopic (exact) mass is 333 g/mol. The summed E-state index contributed by atoms with van der Waals surface area (Å²) in [6.45, 7) is 2.64. The van der Waals surface area contributed by atoms with Crippen LogP contribution in [0.25, 0.3) is 0 Å². The molecule has 100 valence electrons. The molecule has 1 unspecified atom stereocenters. The van der Waals surface area contributed by atoms with Crippen molar-refractivity contribution in [1.82, 2.24) is 0 Å². The second-order valence-corrected chi connectivity index (χ2v) is 5.24. The first kappa shape index (κ1) is 15.3. The van der Waals surface area contributed by atoms with Crippen LogP contribution in [0.4, 0.5) is 5.69 Å². The largest absolute Gasteiger partial charge is 0.492 e. The van der Waals surface area contributed by atoms with Crippen molar-refractivity contribution in [2.45, 2.75) is 19.8 Å². The van der Waals surface area contributed by atoms with E-state index in [9.17, 15) is 10.1 Å². The second-order valence-electron chi connectivity index (χ2n) is 4.02. The number of thiol groups is 1. The van der Waals surface area contributed by atoms with Crippen LogP contribution < -0.4 is 4.74 Å². The van der Waals surface area contributed by atoms with Gasteiger partial charge >= 0.3 is 0 Å². The van der Waals surface area contributed by atoms with Crippen molar-refractivity contribution in [3.8, 4) is 5.75 Å². The number of ether oxygens (including phenoxy) is 1. The number of hydrogen-bond acceptors (Lipinski definition) is 4. The van der Waals surface area contributed by atoms with E-state index in [1.807, 2.05) is 0 Å². The van der Waals surface area contributed by atoms with Gasteiger partial charge in [-0.05, 0) is 34.2 Å². The summed E-state index contributed by atoms with van der Waals surface area (Å²) in [6, 6.07) is 4.51. The molecule has 0 aliphatic carbocycles. The molecule has 1 aromatic carbocycles. The molecule has 0 aromatic heterocycles. The molecule has 0 spiro atoms. The molecule has 1 atom stereocenters. The van der Waals surface area contributed by atoms with Crippen molar-refractivity contribution in [3.63, 3.8) is 0 Å². The van der Waals surface area contributed by atoms with Gasteiger partial charge in [0.15, 0.2) is 0 Å².